The highest BCUT2D eigenvalue weighted by molar-refractivity contribution is 5.41. The van der Waals surface area contributed by atoms with Crippen LogP contribution in [-0.2, 0) is 0 Å². The lowest BCUT2D eigenvalue weighted by molar-refractivity contribution is 1.31. The maximum atomic E-state index is 3.99. The first-order chi connectivity index (χ1) is 6.95. The van der Waals surface area contributed by atoms with Crippen LogP contribution in [-0.4, -0.2) is 4.98 Å². The summed E-state index contributed by atoms with van der Waals surface area (Å²) in [6.45, 7) is 0. The van der Waals surface area contributed by atoms with Gasteiger partial charge in [-0.2, -0.15) is 0 Å². The molecule has 1 aromatic carbocycles. The Morgan fingerprint density at radius 1 is 0.786 bits per heavy atom. The van der Waals surface area contributed by atoms with Crippen LogP contribution >= 0.6 is 0 Å². The van der Waals surface area contributed by atoms with Gasteiger partial charge in [0, 0.05) is 23.5 Å². The van der Waals surface area contributed by atoms with Gasteiger partial charge in [0.2, 0.25) is 0 Å². The fraction of sp³-hybridized carbons (Fsp3) is 0. The predicted molar refractivity (Wildman–Crippen MR) is 56.7 cm³/mol. The van der Waals surface area contributed by atoms with Crippen molar-refractivity contribution in [2.24, 2.45) is 0 Å². The van der Waals surface area contributed by atoms with Gasteiger partial charge in [-0.15, -0.1) is 0 Å². The molecule has 0 unspecified atom stereocenters. The fourth-order valence-electron chi connectivity index (χ4n) is 1.10. The third-order valence-electron chi connectivity index (χ3n) is 1.79. The highest BCUT2D eigenvalue weighted by Gasteiger charge is 1.84. The molecule has 2 aromatic rings. The average Bonchev–Trinajstić information content (AvgIpc) is 2.29. The van der Waals surface area contributed by atoms with Gasteiger partial charge in [0.1, 0.15) is 0 Å². The summed E-state index contributed by atoms with van der Waals surface area (Å²) in [5, 5.41) is 0. The first kappa shape index (κ1) is 8.52. The van der Waals surface area contributed by atoms with Crippen molar-refractivity contribution in [3.63, 3.8) is 0 Å². The van der Waals surface area contributed by atoms with Crippen LogP contribution in [0.1, 0.15) is 11.1 Å². The molecule has 0 atom stereocenters. The van der Waals surface area contributed by atoms with E-state index >= 15 is 0 Å². The van der Waals surface area contributed by atoms with Crippen LogP contribution in [0.4, 0.5) is 0 Å². The van der Waals surface area contributed by atoms with Gasteiger partial charge in [-0.1, -0.05) is 30.0 Å². The Labute approximate surface area is 83.4 Å². The van der Waals surface area contributed by atoms with Gasteiger partial charge in [-0.05, 0) is 24.3 Å². The number of hydrogen-bond donors (Lipinski definition) is 0. The van der Waals surface area contributed by atoms with E-state index in [4.69, 9.17) is 0 Å². The van der Waals surface area contributed by atoms with Gasteiger partial charge < -0.3 is 0 Å². The van der Waals surface area contributed by atoms with E-state index in [9.17, 15) is 0 Å². The lowest BCUT2D eigenvalue weighted by Gasteiger charge is -1.87. The van der Waals surface area contributed by atoms with Crippen molar-refractivity contribution in [2.45, 2.75) is 0 Å². The van der Waals surface area contributed by atoms with E-state index in [1.165, 1.54) is 0 Å². The molecule has 0 radical (unpaired) electrons. The number of nitrogens with zero attached hydrogens (tertiary/aromatic N) is 1. The van der Waals surface area contributed by atoms with Gasteiger partial charge >= 0.3 is 0 Å². The second-order valence-electron chi connectivity index (χ2n) is 2.86. The number of aromatic nitrogens is 1. The second kappa shape index (κ2) is 4.25. The molecule has 1 aromatic heterocycles. The van der Waals surface area contributed by atoms with E-state index in [0.29, 0.717) is 0 Å². The molecule has 2 rings (SSSR count). The molecule has 0 amide bonds. The Bertz CT molecular complexity index is 405. The maximum absolute atomic E-state index is 3.99. The number of benzene rings is 1. The highest BCUT2D eigenvalue weighted by Crippen LogP contribution is 1.97. The third-order valence-corrected chi connectivity index (χ3v) is 1.79. The lowest BCUT2D eigenvalue weighted by Crippen LogP contribution is -1.76. The Balaban J connectivity index is 2.24. The van der Waals surface area contributed by atoms with E-state index in [1.807, 2.05) is 42.5 Å². The van der Waals surface area contributed by atoms with Gasteiger partial charge in [0.15, 0.2) is 0 Å². The second-order valence-corrected chi connectivity index (χ2v) is 2.86. The van der Waals surface area contributed by atoms with Gasteiger partial charge in [-0.3, -0.25) is 4.98 Å². The SMILES string of the molecule is C(#Cc1cccnc1)c1ccccc1. The van der Waals surface area contributed by atoms with Crippen molar-refractivity contribution in [3.05, 3.63) is 66.0 Å². The molecule has 0 bridgehead atoms. The molecular weight excluding hydrogens is 170 g/mol. The van der Waals surface area contributed by atoms with E-state index in [0.717, 1.165) is 11.1 Å². The Hall–Kier alpha value is -2.07. The number of hydrogen-bond acceptors (Lipinski definition) is 1. The van der Waals surface area contributed by atoms with E-state index in [2.05, 4.69) is 16.8 Å². The van der Waals surface area contributed by atoms with Crippen LogP contribution in [0.25, 0.3) is 0 Å². The molecule has 0 N–H and O–H groups in total. The Kier molecular flexibility index (Phi) is 2.59. The molecule has 0 aliphatic heterocycles. The topological polar surface area (TPSA) is 12.9 Å². The van der Waals surface area contributed by atoms with Crippen molar-refractivity contribution in [3.8, 4) is 11.8 Å². The molecule has 14 heavy (non-hydrogen) atoms. The molecule has 1 heterocycles. The first-order valence-electron chi connectivity index (χ1n) is 4.42. The van der Waals surface area contributed by atoms with Crippen LogP contribution in [0, 0.1) is 11.8 Å². The average molecular weight is 179 g/mol. The summed E-state index contributed by atoms with van der Waals surface area (Å²) >= 11 is 0. The van der Waals surface area contributed by atoms with E-state index < -0.39 is 0 Å². The maximum Gasteiger partial charge on any atom is 0.0432 e. The van der Waals surface area contributed by atoms with Crippen molar-refractivity contribution >= 4 is 0 Å². The fourth-order valence-corrected chi connectivity index (χ4v) is 1.10. The minimum atomic E-state index is 0.941. The zero-order valence-corrected chi connectivity index (χ0v) is 7.64. The van der Waals surface area contributed by atoms with Crippen molar-refractivity contribution in [2.75, 3.05) is 0 Å². The van der Waals surface area contributed by atoms with Crippen molar-refractivity contribution < 1.29 is 0 Å². The normalized spacial score (nSPS) is 8.86. The molecular formula is C13H9N. The number of rotatable bonds is 0. The summed E-state index contributed by atoms with van der Waals surface area (Å²) in [6, 6.07) is 13.8. The molecule has 0 saturated heterocycles. The van der Waals surface area contributed by atoms with Crippen molar-refractivity contribution in [1.82, 2.24) is 4.98 Å². The van der Waals surface area contributed by atoms with Crippen molar-refractivity contribution in [1.29, 1.82) is 0 Å². The molecule has 1 nitrogen and oxygen atoms in total. The number of pyridine rings is 1. The highest BCUT2D eigenvalue weighted by atomic mass is 14.6. The summed E-state index contributed by atoms with van der Waals surface area (Å²) in [5.74, 6) is 6.12. The van der Waals surface area contributed by atoms with Crippen LogP contribution in [0.2, 0.25) is 0 Å². The molecule has 0 spiro atoms. The molecule has 0 aliphatic carbocycles. The lowest BCUT2D eigenvalue weighted by atomic mass is 10.2. The molecule has 1 heteroatoms. The van der Waals surface area contributed by atoms with E-state index in [1.54, 1.807) is 12.4 Å². The smallest absolute Gasteiger partial charge is 0.0432 e. The van der Waals surface area contributed by atoms with Gasteiger partial charge in [0.25, 0.3) is 0 Å². The minimum absolute atomic E-state index is 0.941. The largest absolute Gasteiger partial charge is 0.263 e. The third kappa shape index (κ3) is 2.21. The molecule has 0 saturated carbocycles. The standard InChI is InChI=1S/C13H9N/c1-2-5-12(6-3-1)8-9-13-7-4-10-14-11-13/h1-7,10-11H. The summed E-state index contributed by atoms with van der Waals surface area (Å²) in [4.78, 5) is 3.99. The van der Waals surface area contributed by atoms with Crippen LogP contribution in [0.5, 0.6) is 0 Å². The van der Waals surface area contributed by atoms with Gasteiger partial charge in [-0.25, -0.2) is 0 Å². The zero-order chi connectivity index (χ0) is 9.64. The summed E-state index contributed by atoms with van der Waals surface area (Å²) in [6.07, 6.45) is 3.50. The molecule has 0 fully saturated rings. The van der Waals surface area contributed by atoms with Crippen LogP contribution < -0.4 is 0 Å². The molecule has 66 valence electrons. The van der Waals surface area contributed by atoms with Crippen LogP contribution in [0.3, 0.4) is 0 Å². The first-order valence-corrected chi connectivity index (χ1v) is 4.42. The Morgan fingerprint density at radius 3 is 2.21 bits per heavy atom. The minimum Gasteiger partial charge on any atom is -0.263 e. The monoisotopic (exact) mass is 179 g/mol. The zero-order valence-electron chi connectivity index (χ0n) is 7.64. The summed E-state index contributed by atoms with van der Waals surface area (Å²) < 4.78 is 0. The Morgan fingerprint density at radius 2 is 1.50 bits per heavy atom. The predicted octanol–water partition coefficient (Wildman–Crippen LogP) is 2.48. The summed E-state index contributed by atoms with van der Waals surface area (Å²) in [7, 11) is 0. The quantitative estimate of drug-likeness (QED) is 0.566. The summed E-state index contributed by atoms with van der Waals surface area (Å²) in [5.41, 5.74) is 1.97. The van der Waals surface area contributed by atoms with Crippen LogP contribution in [0.15, 0.2) is 54.9 Å². The van der Waals surface area contributed by atoms with Gasteiger partial charge in [0.05, 0.1) is 0 Å². The molecule has 0 aliphatic rings. The van der Waals surface area contributed by atoms with E-state index in [-0.39, 0.29) is 0 Å².